The van der Waals surface area contributed by atoms with Gasteiger partial charge in [0.25, 0.3) is 0 Å². The lowest BCUT2D eigenvalue weighted by Crippen LogP contribution is -2.35. The van der Waals surface area contributed by atoms with Crippen LogP contribution < -0.4 is 20.5 Å². The molecule has 417 valence electrons. The molecule has 1 aliphatic rings. The van der Waals surface area contributed by atoms with Gasteiger partial charge in [-0.3, -0.25) is 0 Å². The Balaban J connectivity index is 1.04. The molecule has 1 N–H and O–H groups in total. The molecule has 85 heavy (non-hydrogen) atoms. The van der Waals surface area contributed by atoms with Gasteiger partial charge in [-0.15, -0.1) is 22.7 Å². The molecule has 5 heterocycles. The van der Waals surface area contributed by atoms with Crippen LogP contribution in [0.25, 0.3) is 102 Å². The number of fused-ring (bicyclic) bond motifs is 14. The van der Waals surface area contributed by atoms with Gasteiger partial charge in [-0.2, -0.15) is 0 Å². The van der Waals surface area contributed by atoms with E-state index in [9.17, 15) is 0 Å². The summed E-state index contributed by atoms with van der Waals surface area (Å²) in [6, 6.07) is 73.2. The van der Waals surface area contributed by atoms with E-state index in [0.29, 0.717) is 0 Å². The van der Waals surface area contributed by atoms with E-state index in [0.717, 1.165) is 66.9 Å². The van der Waals surface area contributed by atoms with Crippen LogP contribution in [0.15, 0.2) is 199 Å². The third-order valence-corrected chi connectivity index (χ3v) is 20.1. The Bertz CT molecular complexity index is 4950. The normalized spacial score (nSPS) is 13.0. The lowest BCUT2D eigenvalue weighted by Gasteiger charge is -2.28. The Kier molecular flexibility index (Phi) is 12.0. The fourth-order valence-electron chi connectivity index (χ4n) is 13.1. The molecule has 0 fully saturated rings. The molecule has 0 saturated carbocycles. The van der Waals surface area contributed by atoms with Crippen LogP contribution in [-0.4, -0.2) is 11.8 Å². The van der Waals surface area contributed by atoms with E-state index in [-0.39, 0.29) is 21.7 Å². The summed E-state index contributed by atoms with van der Waals surface area (Å²) in [6.45, 7) is 27.5. The molecule has 0 aliphatic carbocycles. The van der Waals surface area contributed by atoms with Crippen molar-refractivity contribution >= 4 is 143 Å². The van der Waals surface area contributed by atoms with Gasteiger partial charge in [0.2, 0.25) is 7.28 Å². The minimum absolute atomic E-state index is 0.0163. The van der Waals surface area contributed by atoms with E-state index >= 15 is 0 Å². The predicted octanol–water partition coefficient (Wildman–Crippen LogP) is 22.0. The summed E-state index contributed by atoms with van der Waals surface area (Å²) in [6.07, 6.45) is 0. The fourth-order valence-corrected chi connectivity index (χ4v) is 15.3. The molecule has 0 amide bonds. The average Bonchev–Trinajstić information content (AvgIpc) is 1.59. The highest BCUT2D eigenvalue weighted by Gasteiger charge is 2.35. The van der Waals surface area contributed by atoms with E-state index in [2.05, 4.69) is 299 Å². The van der Waals surface area contributed by atoms with Crippen molar-refractivity contribution in [2.45, 2.75) is 105 Å². The Hall–Kier alpha value is -8.36. The third kappa shape index (κ3) is 8.82. The first-order valence-corrected chi connectivity index (χ1v) is 31.6. The second kappa shape index (κ2) is 19.1. The summed E-state index contributed by atoms with van der Waals surface area (Å²) in [4.78, 5) is 2.43. The molecule has 15 rings (SSSR count). The molecule has 0 atom stereocenters. The molecule has 1 radical (unpaired) electrons. The van der Waals surface area contributed by atoms with Crippen molar-refractivity contribution in [2.24, 2.45) is 0 Å². The number of thiophene rings is 2. The van der Waals surface area contributed by atoms with Crippen LogP contribution in [-0.2, 0) is 21.7 Å². The number of anilines is 5. The van der Waals surface area contributed by atoms with E-state index in [1.54, 1.807) is 0 Å². The number of para-hydroxylation sites is 1. The molecule has 14 aromatic rings. The molecule has 0 spiro atoms. The predicted molar refractivity (Wildman–Crippen MR) is 371 cm³/mol. The van der Waals surface area contributed by atoms with E-state index < -0.39 is 0 Å². The summed E-state index contributed by atoms with van der Waals surface area (Å²) in [5.74, 6) is 0. The number of benzene rings is 10. The van der Waals surface area contributed by atoms with Crippen LogP contribution in [0.2, 0.25) is 0 Å². The minimum Gasteiger partial charge on any atom is -0.455 e. The number of nitrogens with zero attached hydrogens (tertiary/aromatic N) is 2. The molecule has 10 aromatic carbocycles. The van der Waals surface area contributed by atoms with Crippen LogP contribution in [0, 0.1) is 0 Å². The lowest BCUT2D eigenvalue weighted by atomic mass is 9.62. The van der Waals surface area contributed by atoms with Gasteiger partial charge in [-0.25, -0.2) is 0 Å². The van der Waals surface area contributed by atoms with Gasteiger partial charge in [0.15, 0.2) is 0 Å². The van der Waals surface area contributed by atoms with Gasteiger partial charge in [-0.05, 0) is 168 Å². The number of aromatic nitrogens is 1. The van der Waals surface area contributed by atoms with Gasteiger partial charge in [0.1, 0.15) is 11.2 Å². The third-order valence-electron chi connectivity index (χ3n) is 17.9. The van der Waals surface area contributed by atoms with Crippen molar-refractivity contribution < 1.29 is 4.42 Å². The quantitative estimate of drug-likeness (QED) is 0.162. The van der Waals surface area contributed by atoms with E-state index in [1.807, 2.05) is 22.7 Å². The Morgan fingerprint density at radius 2 is 1.02 bits per heavy atom. The molecular formula is C78H69BN3OS2. The van der Waals surface area contributed by atoms with Crippen LogP contribution >= 0.6 is 22.7 Å². The highest BCUT2D eigenvalue weighted by molar-refractivity contribution is 7.29. The number of hydrogen-bond acceptors (Lipinski definition) is 5. The van der Waals surface area contributed by atoms with Gasteiger partial charge in [0, 0.05) is 80.4 Å². The molecule has 0 unspecified atom stereocenters. The zero-order valence-corrected chi connectivity index (χ0v) is 52.3. The average molecular weight is 1140 g/mol. The first-order chi connectivity index (χ1) is 40.6. The summed E-state index contributed by atoms with van der Waals surface area (Å²) in [5, 5.41) is 12.4. The van der Waals surface area contributed by atoms with Crippen molar-refractivity contribution in [1.29, 1.82) is 0 Å². The zero-order chi connectivity index (χ0) is 58.6. The van der Waals surface area contributed by atoms with Gasteiger partial charge in [-0.1, -0.05) is 180 Å². The zero-order valence-electron chi connectivity index (χ0n) is 50.7. The molecule has 1 aliphatic heterocycles. The Morgan fingerprint density at radius 1 is 0.447 bits per heavy atom. The number of nitrogens with one attached hydrogen (secondary N) is 1. The SMILES string of the molecule is CC(C)(C)c1ccc(Nc2cc3sc4ccc(N(c5ccc(C(C)(C)C)cc5)c5ccc(C(C)(C)C)cc5)cc4c3cc2-c2c3c4c(c5cc(C(C)(C)C)ccc5n4-c4c(sc5ccc(-c6ccccc6)cc45)[B]3)c3oc4ccccc4c23)cc1. The standard InChI is InChI=1S/C78H69BN3OS2/c1-75(2,3)47-23-30-51(31-24-47)80-61-44-66-57(56-42-54(36-39-64(56)84-66)81(52-32-25-48(26-33-52)76(4,5)6)53-34-27-49(28-35-53)77(7,8)9)43-58(61)67-68-55-20-16-17-21-63(55)83-73(68)69-59-41-50(78(10,11)12)29-37-62(59)82-71-60-40-46(45-18-14-13-15-19-45)22-38-65(60)85-74(71)79-70(67)72(69)82/h13-44,80H,1-12H3. The van der Waals surface area contributed by atoms with Crippen LogP contribution in [0.4, 0.5) is 28.4 Å². The summed E-state index contributed by atoms with van der Waals surface area (Å²) >= 11 is 3.75. The largest absolute Gasteiger partial charge is 0.455 e. The lowest BCUT2D eigenvalue weighted by molar-refractivity contribution is 0.590. The van der Waals surface area contributed by atoms with Crippen molar-refractivity contribution in [3.05, 3.63) is 216 Å². The Morgan fingerprint density at radius 3 is 1.68 bits per heavy atom. The van der Waals surface area contributed by atoms with Crippen molar-refractivity contribution in [1.82, 2.24) is 4.57 Å². The van der Waals surface area contributed by atoms with Crippen molar-refractivity contribution in [2.75, 3.05) is 10.2 Å². The monoisotopic (exact) mass is 1140 g/mol. The van der Waals surface area contributed by atoms with Crippen LogP contribution in [0.3, 0.4) is 0 Å². The van der Waals surface area contributed by atoms with E-state index in [4.69, 9.17) is 4.42 Å². The first-order valence-electron chi connectivity index (χ1n) is 30.0. The maximum absolute atomic E-state index is 7.41. The molecule has 7 heteroatoms. The van der Waals surface area contributed by atoms with E-state index in [1.165, 1.54) is 96.0 Å². The van der Waals surface area contributed by atoms with Crippen molar-refractivity contribution in [3.63, 3.8) is 0 Å². The van der Waals surface area contributed by atoms with Gasteiger partial charge in [0.05, 0.1) is 22.1 Å². The molecule has 0 saturated heterocycles. The topological polar surface area (TPSA) is 33.3 Å². The van der Waals surface area contributed by atoms with Gasteiger partial charge < -0.3 is 19.2 Å². The molecular weight excluding hydrogens is 1070 g/mol. The van der Waals surface area contributed by atoms with Crippen LogP contribution in [0.1, 0.15) is 105 Å². The number of furan rings is 1. The minimum atomic E-state index is -0.0788. The second-order valence-electron chi connectivity index (χ2n) is 27.7. The number of hydrogen-bond donors (Lipinski definition) is 1. The Labute approximate surface area is 507 Å². The first kappa shape index (κ1) is 53.4. The maximum atomic E-state index is 7.41. The molecule has 4 aromatic heterocycles. The molecule has 0 bridgehead atoms. The van der Waals surface area contributed by atoms with Gasteiger partial charge >= 0.3 is 0 Å². The second-order valence-corrected chi connectivity index (χ2v) is 29.9. The highest BCUT2D eigenvalue weighted by Crippen LogP contribution is 2.51. The fraction of sp³-hybridized carbons (Fsp3) is 0.205. The summed E-state index contributed by atoms with van der Waals surface area (Å²) in [7, 11) is 2.52. The highest BCUT2D eigenvalue weighted by atomic mass is 32.1. The summed E-state index contributed by atoms with van der Waals surface area (Å²) < 4.78 is 15.0. The molecule has 4 nitrogen and oxygen atoms in total. The van der Waals surface area contributed by atoms with Crippen molar-refractivity contribution in [3.8, 4) is 27.9 Å². The summed E-state index contributed by atoms with van der Waals surface area (Å²) in [5.41, 5.74) is 21.9. The number of rotatable bonds is 7. The van der Waals surface area contributed by atoms with Crippen LogP contribution in [0.5, 0.6) is 0 Å². The smallest absolute Gasteiger partial charge is 0.211 e. The maximum Gasteiger partial charge on any atom is 0.211 e.